The lowest BCUT2D eigenvalue weighted by atomic mass is 10.0. The number of imide groups is 1. The van der Waals surface area contributed by atoms with Gasteiger partial charge in [0, 0.05) is 5.56 Å². The van der Waals surface area contributed by atoms with Crippen molar-refractivity contribution in [2.75, 3.05) is 10.2 Å². The molecule has 5 rings (SSSR count). The van der Waals surface area contributed by atoms with Gasteiger partial charge in [-0.25, -0.2) is 14.6 Å². The summed E-state index contributed by atoms with van der Waals surface area (Å²) < 4.78 is 41.1. The smallest absolute Gasteiger partial charge is 0.320 e. The van der Waals surface area contributed by atoms with Crippen molar-refractivity contribution < 1.29 is 27.6 Å². The summed E-state index contributed by atoms with van der Waals surface area (Å²) in [5, 5.41) is 6.53. The number of fused-ring (bicyclic) bond motifs is 1. The third kappa shape index (κ3) is 3.99. The number of amides is 3. The van der Waals surface area contributed by atoms with Crippen molar-refractivity contribution >= 4 is 40.7 Å². The molecule has 3 aromatic carbocycles. The minimum Gasteiger partial charge on any atom is -0.320 e. The molecule has 1 N–H and O–H groups in total. The molecule has 12 heteroatoms. The van der Waals surface area contributed by atoms with Crippen LogP contribution in [-0.4, -0.2) is 32.5 Å². The summed E-state index contributed by atoms with van der Waals surface area (Å²) in [6.07, 6.45) is -2.19. The van der Waals surface area contributed by atoms with E-state index < -0.39 is 29.5 Å². The fraction of sp³-hybridized carbons (Fsp3) is 0.0417. The summed E-state index contributed by atoms with van der Waals surface area (Å²) in [6.45, 7) is 0. The van der Waals surface area contributed by atoms with Gasteiger partial charge in [-0.1, -0.05) is 23.7 Å². The van der Waals surface area contributed by atoms with Crippen molar-refractivity contribution in [2.24, 2.45) is 0 Å². The Morgan fingerprint density at radius 3 is 2.36 bits per heavy atom. The SMILES string of the molecule is O=C(Nc1cc(C(F)(F)F)ccc1-n1cncn1)c1ccc2c(c1)C(=O)N(c1ccccc1Cl)C2=O. The van der Waals surface area contributed by atoms with Crippen molar-refractivity contribution in [3.8, 4) is 5.69 Å². The largest absolute Gasteiger partial charge is 0.416 e. The molecule has 0 atom stereocenters. The van der Waals surface area contributed by atoms with Crippen molar-refractivity contribution in [1.82, 2.24) is 14.8 Å². The average Bonchev–Trinajstić information content (AvgIpc) is 3.46. The summed E-state index contributed by atoms with van der Waals surface area (Å²) in [6, 6.07) is 12.9. The van der Waals surface area contributed by atoms with E-state index in [1.807, 2.05) is 0 Å². The Morgan fingerprint density at radius 2 is 1.67 bits per heavy atom. The molecule has 0 saturated heterocycles. The van der Waals surface area contributed by atoms with Gasteiger partial charge in [0.05, 0.1) is 38.8 Å². The van der Waals surface area contributed by atoms with Gasteiger partial charge in [0.2, 0.25) is 0 Å². The molecule has 0 radical (unpaired) electrons. The second-order valence-corrected chi connectivity index (χ2v) is 8.09. The highest BCUT2D eigenvalue weighted by molar-refractivity contribution is 6.40. The van der Waals surface area contributed by atoms with E-state index in [1.165, 1.54) is 47.7 Å². The van der Waals surface area contributed by atoms with Crippen LogP contribution in [0.4, 0.5) is 24.5 Å². The Hall–Kier alpha value is -4.51. The summed E-state index contributed by atoms with van der Waals surface area (Å²) >= 11 is 6.15. The summed E-state index contributed by atoms with van der Waals surface area (Å²) in [5.74, 6) is -2.09. The Balaban J connectivity index is 1.49. The quantitative estimate of drug-likeness (QED) is 0.389. The number of carbonyl (C=O) groups is 3. The minimum absolute atomic E-state index is 0.0342. The molecular weight excluding hydrogens is 499 g/mol. The predicted octanol–water partition coefficient (Wildman–Crippen LogP) is 4.99. The van der Waals surface area contributed by atoms with E-state index in [0.717, 1.165) is 23.1 Å². The molecule has 36 heavy (non-hydrogen) atoms. The number of carbonyl (C=O) groups excluding carboxylic acids is 3. The van der Waals surface area contributed by atoms with Crippen LogP contribution in [0.15, 0.2) is 73.3 Å². The highest BCUT2D eigenvalue weighted by Gasteiger charge is 2.38. The Labute approximate surface area is 205 Å². The standard InChI is InChI=1S/C24H13ClF3N5O3/c25-17-3-1-2-4-19(17)33-22(35)15-7-5-13(9-16(15)23(33)36)21(34)31-18-10-14(24(26,27)28)6-8-20(18)32-12-29-11-30-32/h1-12H,(H,31,34). The van der Waals surface area contributed by atoms with Gasteiger partial charge in [-0.05, 0) is 48.5 Å². The zero-order valence-corrected chi connectivity index (χ0v) is 18.7. The van der Waals surface area contributed by atoms with Gasteiger partial charge in [0.1, 0.15) is 12.7 Å². The number of nitrogens with zero attached hydrogens (tertiary/aromatic N) is 4. The summed E-state index contributed by atoms with van der Waals surface area (Å²) in [4.78, 5) is 43.6. The average molecular weight is 512 g/mol. The van der Waals surface area contributed by atoms with Gasteiger partial charge in [-0.2, -0.15) is 18.3 Å². The third-order valence-electron chi connectivity index (χ3n) is 5.48. The molecule has 0 aliphatic carbocycles. The first-order valence-electron chi connectivity index (χ1n) is 10.3. The second kappa shape index (κ2) is 8.61. The molecular formula is C24H13ClF3N5O3. The second-order valence-electron chi connectivity index (χ2n) is 7.68. The molecule has 0 spiro atoms. The highest BCUT2D eigenvalue weighted by Crippen LogP contribution is 2.35. The highest BCUT2D eigenvalue weighted by atomic mass is 35.5. The van der Waals surface area contributed by atoms with Crippen LogP contribution in [0.1, 0.15) is 36.6 Å². The van der Waals surface area contributed by atoms with Crippen LogP contribution >= 0.6 is 11.6 Å². The van der Waals surface area contributed by atoms with E-state index in [0.29, 0.717) is 0 Å². The number of nitrogens with one attached hydrogen (secondary N) is 1. The maximum absolute atomic E-state index is 13.3. The number of alkyl halides is 3. The van der Waals surface area contributed by atoms with Crippen molar-refractivity contribution in [3.05, 3.63) is 101 Å². The normalized spacial score (nSPS) is 13.2. The lowest BCUT2D eigenvalue weighted by molar-refractivity contribution is -0.137. The van der Waals surface area contributed by atoms with Gasteiger partial charge < -0.3 is 5.32 Å². The zero-order valence-electron chi connectivity index (χ0n) is 18.0. The van der Waals surface area contributed by atoms with E-state index in [1.54, 1.807) is 12.1 Å². The Morgan fingerprint density at radius 1 is 0.917 bits per heavy atom. The molecule has 0 unspecified atom stereocenters. The molecule has 0 fully saturated rings. The molecule has 2 heterocycles. The molecule has 0 bridgehead atoms. The van der Waals surface area contributed by atoms with E-state index in [9.17, 15) is 27.6 Å². The Bertz CT molecular complexity index is 1540. The first-order chi connectivity index (χ1) is 17.1. The van der Waals surface area contributed by atoms with Crippen molar-refractivity contribution in [2.45, 2.75) is 6.18 Å². The molecule has 0 saturated carbocycles. The molecule has 1 aliphatic rings. The lowest BCUT2D eigenvalue weighted by Gasteiger charge is -2.15. The van der Waals surface area contributed by atoms with E-state index in [2.05, 4.69) is 15.4 Å². The van der Waals surface area contributed by atoms with Crippen molar-refractivity contribution in [3.63, 3.8) is 0 Å². The van der Waals surface area contributed by atoms with Gasteiger partial charge >= 0.3 is 6.18 Å². The maximum atomic E-state index is 13.3. The van der Waals surface area contributed by atoms with Crippen LogP contribution in [0.2, 0.25) is 5.02 Å². The number of halogens is 4. The number of rotatable bonds is 4. The molecule has 4 aromatic rings. The number of hydrogen-bond donors (Lipinski definition) is 1. The molecule has 8 nitrogen and oxygen atoms in total. The van der Waals surface area contributed by atoms with E-state index in [-0.39, 0.29) is 38.8 Å². The van der Waals surface area contributed by atoms with Crippen molar-refractivity contribution in [1.29, 1.82) is 0 Å². The van der Waals surface area contributed by atoms with Crippen LogP contribution in [0.5, 0.6) is 0 Å². The van der Waals surface area contributed by atoms with Gasteiger partial charge in [-0.15, -0.1) is 0 Å². The minimum atomic E-state index is -4.65. The molecule has 1 aliphatic heterocycles. The zero-order chi connectivity index (χ0) is 25.6. The molecule has 180 valence electrons. The first kappa shape index (κ1) is 23.2. The van der Waals surface area contributed by atoms with E-state index in [4.69, 9.17) is 11.6 Å². The number of aromatic nitrogens is 3. The number of para-hydroxylation sites is 1. The number of anilines is 2. The van der Waals surface area contributed by atoms with E-state index >= 15 is 0 Å². The fourth-order valence-corrected chi connectivity index (χ4v) is 3.99. The predicted molar refractivity (Wildman–Crippen MR) is 123 cm³/mol. The van der Waals surface area contributed by atoms with Gasteiger partial charge in [-0.3, -0.25) is 14.4 Å². The lowest BCUT2D eigenvalue weighted by Crippen LogP contribution is -2.29. The van der Waals surface area contributed by atoms with Crippen LogP contribution in [0.3, 0.4) is 0 Å². The summed E-state index contributed by atoms with van der Waals surface area (Å²) in [7, 11) is 0. The topological polar surface area (TPSA) is 97.2 Å². The third-order valence-corrected chi connectivity index (χ3v) is 5.80. The van der Waals surface area contributed by atoms with Crippen LogP contribution in [-0.2, 0) is 6.18 Å². The number of hydrogen-bond acceptors (Lipinski definition) is 5. The van der Waals surface area contributed by atoms with Gasteiger partial charge in [0.25, 0.3) is 17.7 Å². The number of benzene rings is 3. The first-order valence-corrected chi connectivity index (χ1v) is 10.7. The summed E-state index contributed by atoms with van der Waals surface area (Å²) in [5.41, 5.74) is -0.832. The van der Waals surface area contributed by atoms with Crippen LogP contribution in [0.25, 0.3) is 5.69 Å². The van der Waals surface area contributed by atoms with Crippen LogP contribution in [0, 0.1) is 0 Å². The molecule has 1 aromatic heterocycles. The fourth-order valence-electron chi connectivity index (χ4n) is 3.77. The molecule has 3 amide bonds. The van der Waals surface area contributed by atoms with Crippen LogP contribution < -0.4 is 10.2 Å². The Kier molecular flexibility index (Phi) is 5.56. The van der Waals surface area contributed by atoms with Gasteiger partial charge in [0.15, 0.2) is 0 Å². The maximum Gasteiger partial charge on any atom is 0.416 e. The monoisotopic (exact) mass is 511 g/mol.